The van der Waals surface area contributed by atoms with E-state index in [4.69, 9.17) is 9.84 Å². The van der Waals surface area contributed by atoms with Gasteiger partial charge in [-0.15, -0.1) is 0 Å². The predicted molar refractivity (Wildman–Crippen MR) is 86.0 cm³/mol. The molecule has 5 rings (SSSR count). The van der Waals surface area contributed by atoms with E-state index < -0.39 is 0 Å². The molecule has 3 aliphatic rings. The monoisotopic (exact) mass is 310 g/mol. The van der Waals surface area contributed by atoms with Gasteiger partial charge in [0.05, 0.1) is 6.10 Å². The van der Waals surface area contributed by atoms with Crippen molar-refractivity contribution in [3.05, 3.63) is 42.5 Å². The molecule has 0 saturated heterocycles. The van der Waals surface area contributed by atoms with Crippen molar-refractivity contribution >= 4 is 0 Å². The Morgan fingerprint density at radius 1 is 1.22 bits per heavy atom. The summed E-state index contributed by atoms with van der Waals surface area (Å²) in [6.07, 6.45) is 5.10. The van der Waals surface area contributed by atoms with Gasteiger partial charge in [-0.1, -0.05) is 43.7 Å². The van der Waals surface area contributed by atoms with Gasteiger partial charge in [0.2, 0.25) is 6.33 Å². The molecule has 120 valence electrons. The molecule has 2 saturated carbocycles. The Hall–Kier alpha value is -1.68. The molecule has 2 heterocycles. The molecule has 1 aliphatic heterocycles. The van der Waals surface area contributed by atoms with Gasteiger partial charge in [-0.2, -0.15) is 0 Å². The topological polar surface area (TPSA) is 30.9 Å². The van der Waals surface area contributed by atoms with Gasteiger partial charge in [0, 0.05) is 16.4 Å². The molecular weight excluding hydrogens is 286 g/mol. The van der Waals surface area contributed by atoms with E-state index in [1.54, 1.807) is 0 Å². The Labute approximate surface area is 137 Å². The zero-order valence-electron chi connectivity index (χ0n) is 14.1. The molecule has 1 aromatic carbocycles. The highest BCUT2D eigenvalue weighted by molar-refractivity contribution is 5.29. The second kappa shape index (κ2) is 4.23. The van der Waals surface area contributed by atoms with Crippen LogP contribution in [0.4, 0.5) is 0 Å². The normalized spacial score (nSPS) is 36.7. The van der Waals surface area contributed by atoms with Crippen LogP contribution in [0.25, 0.3) is 5.69 Å². The Bertz CT molecular complexity index is 766. The van der Waals surface area contributed by atoms with Crippen LogP contribution in [0, 0.1) is 16.7 Å². The maximum absolute atomic E-state index is 6.35. The van der Waals surface area contributed by atoms with E-state index in [0.29, 0.717) is 30.1 Å². The molecule has 2 fully saturated rings. The molecule has 4 atom stereocenters. The van der Waals surface area contributed by atoms with Crippen molar-refractivity contribution in [2.75, 3.05) is 0 Å². The molecule has 2 aliphatic carbocycles. The van der Waals surface area contributed by atoms with Crippen molar-refractivity contribution in [2.45, 2.75) is 52.4 Å². The standard InChI is InChI=1S/C19H24N3O/c1-18(2)14-9-10-19(18,3)17-16(14)21-12-22(20-15(21)11-23-17)13-7-5-4-6-8-13/h4-8,12,14,16-17H,9-11H2,1-3H3/q+1/t14-,16-,17-,19+/m1/s1. The molecule has 0 amide bonds. The maximum Gasteiger partial charge on any atom is 0.304 e. The summed E-state index contributed by atoms with van der Waals surface area (Å²) in [5.41, 5.74) is 1.72. The number of rotatable bonds is 1. The van der Waals surface area contributed by atoms with Crippen LogP contribution in [0.3, 0.4) is 0 Å². The smallest absolute Gasteiger partial charge is 0.304 e. The van der Waals surface area contributed by atoms with E-state index >= 15 is 0 Å². The first kappa shape index (κ1) is 13.7. The molecular formula is C19H24N3O+. The fourth-order valence-corrected chi connectivity index (χ4v) is 5.49. The van der Waals surface area contributed by atoms with Crippen LogP contribution in [-0.2, 0) is 11.3 Å². The van der Waals surface area contributed by atoms with Crippen molar-refractivity contribution < 1.29 is 9.30 Å². The van der Waals surface area contributed by atoms with Crippen LogP contribution in [0.5, 0.6) is 0 Å². The number of fused-ring (bicyclic) bond motifs is 7. The van der Waals surface area contributed by atoms with Crippen molar-refractivity contribution in [1.82, 2.24) is 9.78 Å². The minimum absolute atomic E-state index is 0.280. The van der Waals surface area contributed by atoms with Crippen molar-refractivity contribution in [3.8, 4) is 5.69 Å². The molecule has 2 aromatic rings. The summed E-state index contributed by atoms with van der Waals surface area (Å²) in [5.74, 6) is 1.73. The summed E-state index contributed by atoms with van der Waals surface area (Å²) in [6, 6.07) is 10.8. The van der Waals surface area contributed by atoms with Gasteiger partial charge in [-0.25, -0.2) is 4.57 Å². The Morgan fingerprint density at radius 2 is 2.00 bits per heavy atom. The Kier molecular flexibility index (Phi) is 2.53. The number of benzene rings is 1. The third-order valence-corrected chi connectivity index (χ3v) is 7.21. The lowest BCUT2D eigenvalue weighted by Gasteiger charge is -2.40. The average molecular weight is 310 g/mol. The van der Waals surface area contributed by atoms with Crippen molar-refractivity contribution in [1.29, 1.82) is 0 Å². The zero-order chi connectivity index (χ0) is 15.8. The van der Waals surface area contributed by atoms with E-state index in [1.807, 2.05) is 10.7 Å². The third kappa shape index (κ3) is 1.55. The largest absolute Gasteiger partial charge is 0.363 e. The first-order chi connectivity index (χ1) is 11.0. The van der Waals surface area contributed by atoms with Crippen LogP contribution in [0.2, 0.25) is 0 Å². The lowest BCUT2D eigenvalue weighted by molar-refractivity contribution is -0.756. The lowest BCUT2D eigenvalue weighted by Crippen LogP contribution is -2.56. The summed E-state index contributed by atoms with van der Waals surface area (Å²) >= 11 is 0. The van der Waals surface area contributed by atoms with E-state index in [9.17, 15) is 0 Å². The summed E-state index contributed by atoms with van der Waals surface area (Å²) in [5, 5.41) is 4.79. The molecule has 0 radical (unpaired) electrons. The van der Waals surface area contributed by atoms with E-state index in [0.717, 1.165) is 11.5 Å². The second-order valence-electron chi connectivity index (χ2n) is 8.23. The zero-order valence-corrected chi connectivity index (χ0v) is 14.1. The fourth-order valence-electron chi connectivity index (χ4n) is 5.49. The quantitative estimate of drug-likeness (QED) is 0.758. The number of para-hydroxylation sites is 1. The number of hydrogen-bond acceptors (Lipinski definition) is 2. The average Bonchev–Trinajstić information content (AvgIpc) is 3.13. The van der Waals surface area contributed by atoms with Crippen molar-refractivity contribution in [3.63, 3.8) is 0 Å². The van der Waals surface area contributed by atoms with Crippen LogP contribution in [-0.4, -0.2) is 15.9 Å². The summed E-state index contributed by atoms with van der Waals surface area (Å²) in [4.78, 5) is 0. The third-order valence-electron chi connectivity index (χ3n) is 7.21. The number of nitrogens with zero attached hydrogens (tertiary/aromatic N) is 3. The van der Waals surface area contributed by atoms with E-state index in [-0.39, 0.29) is 5.41 Å². The molecule has 2 bridgehead atoms. The molecule has 4 heteroatoms. The van der Waals surface area contributed by atoms with Gasteiger partial charge in [0.15, 0.2) is 0 Å². The first-order valence-corrected chi connectivity index (χ1v) is 8.69. The second-order valence-corrected chi connectivity index (χ2v) is 8.23. The van der Waals surface area contributed by atoms with Gasteiger partial charge in [-0.3, -0.25) is 0 Å². The molecule has 1 aromatic heterocycles. The summed E-state index contributed by atoms with van der Waals surface area (Å²) < 4.78 is 10.8. The highest BCUT2D eigenvalue weighted by Gasteiger charge is 2.69. The minimum atomic E-state index is 0.280. The highest BCUT2D eigenvalue weighted by Crippen LogP contribution is 2.69. The molecule has 4 nitrogen and oxygen atoms in total. The number of aromatic nitrogens is 3. The highest BCUT2D eigenvalue weighted by atomic mass is 16.5. The summed E-state index contributed by atoms with van der Waals surface area (Å²) in [6.45, 7) is 7.94. The van der Waals surface area contributed by atoms with Gasteiger partial charge < -0.3 is 4.74 Å². The predicted octanol–water partition coefficient (Wildman–Crippen LogP) is 3.06. The van der Waals surface area contributed by atoms with Crippen LogP contribution < -0.4 is 4.57 Å². The van der Waals surface area contributed by atoms with Gasteiger partial charge in [-0.05, 0) is 30.4 Å². The van der Waals surface area contributed by atoms with Crippen LogP contribution in [0.15, 0.2) is 36.7 Å². The summed E-state index contributed by atoms with van der Waals surface area (Å²) in [7, 11) is 0. The van der Waals surface area contributed by atoms with Crippen molar-refractivity contribution in [2.24, 2.45) is 16.7 Å². The maximum atomic E-state index is 6.35. The molecule has 0 N–H and O–H groups in total. The lowest BCUT2D eigenvalue weighted by atomic mass is 9.70. The molecule has 0 unspecified atom stereocenters. The first-order valence-electron chi connectivity index (χ1n) is 8.69. The van der Waals surface area contributed by atoms with Crippen LogP contribution in [0.1, 0.15) is 45.5 Å². The Balaban J connectivity index is 1.62. The minimum Gasteiger partial charge on any atom is -0.363 e. The molecule has 0 spiro atoms. The van der Waals surface area contributed by atoms with E-state index in [1.165, 1.54) is 12.8 Å². The number of hydrogen-bond donors (Lipinski definition) is 0. The Morgan fingerprint density at radius 3 is 2.78 bits per heavy atom. The SMILES string of the molecule is CC1(C)[C@@H]2CC[C@@]1(C)[C@@H]1OCc3nn(-c4ccccc4)c[n+]3[C@H]21. The van der Waals surface area contributed by atoms with Gasteiger partial charge >= 0.3 is 5.82 Å². The van der Waals surface area contributed by atoms with Gasteiger partial charge in [0.25, 0.3) is 0 Å². The number of ether oxygens (including phenoxy) is 1. The van der Waals surface area contributed by atoms with Crippen LogP contribution >= 0.6 is 0 Å². The van der Waals surface area contributed by atoms with E-state index in [2.05, 4.69) is 55.9 Å². The molecule has 23 heavy (non-hydrogen) atoms. The fraction of sp³-hybridized carbons (Fsp3) is 0.579. The van der Waals surface area contributed by atoms with Gasteiger partial charge in [0.1, 0.15) is 18.3 Å².